The van der Waals surface area contributed by atoms with E-state index in [1.165, 1.54) is 12.1 Å². The third-order valence-corrected chi connectivity index (χ3v) is 6.68. The van der Waals surface area contributed by atoms with Crippen molar-refractivity contribution in [2.45, 2.75) is 4.90 Å². The smallest absolute Gasteiger partial charge is 0.264 e. The predicted octanol–water partition coefficient (Wildman–Crippen LogP) is 3.68. The maximum atomic E-state index is 13.2. The zero-order valence-electron chi connectivity index (χ0n) is 16.1. The van der Waals surface area contributed by atoms with Crippen molar-refractivity contribution in [3.63, 3.8) is 0 Å². The maximum absolute atomic E-state index is 13.2. The molecule has 8 heteroatoms. The van der Waals surface area contributed by atoms with Crippen molar-refractivity contribution in [3.8, 4) is 5.75 Å². The number of hydrogen-bond donors (Lipinski definition) is 1. The van der Waals surface area contributed by atoms with E-state index in [9.17, 15) is 13.2 Å². The Morgan fingerprint density at radius 1 is 0.900 bits per heavy atom. The molecule has 0 radical (unpaired) electrons. The molecule has 1 amide bonds. The minimum atomic E-state index is -3.90. The molecule has 0 aliphatic rings. The van der Waals surface area contributed by atoms with E-state index in [1.54, 1.807) is 42.5 Å². The summed E-state index contributed by atoms with van der Waals surface area (Å²) in [6, 6.07) is 24.3. The number of hydrogen-bond acceptors (Lipinski definition) is 4. The molecule has 0 aliphatic heterocycles. The second-order valence-electron chi connectivity index (χ2n) is 6.31. The molecule has 3 rings (SSSR count). The lowest BCUT2D eigenvalue weighted by molar-refractivity contribution is -0.119. The molecule has 0 unspecified atom stereocenters. The lowest BCUT2D eigenvalue weighted by Crippen LogP contribution is -2.41. The molecule has 0 bridgehead atoms. The molecule has 0 aliphatic carbocycles. The number of ether oxygens (including phenoxy) is 1. The molecule has 6 nitrogen and oxygen atoms in total. The first-order valence-electron chi connectivity index (χ1n) is 9.25. The summed E-state index contributed by atoms with van der Waals surface area (Å²) in [6.45, 7) is 0.216. The third-order valence-electron chi connectivity index (χ3n) is 4.17. The summed E-state index contributed by atoms with van der Waals surface area (Å²) in [5.74, 6) is 0.295. The summed E-state index contributed by atoms with van der Waals surface area (Å²) in [4.78, 5) is 12.6. The van der Waals surface area contributed by atoms with E-state index < -0.39 is 15.9 Å². The van der Waals surface area contributed by atoms with Gasteiger partial charge in [-0.25, -0.2) is 8.42 Å². The fourth-order valence-electron chi connectivity index (χ4n) is 2.70. The summed E-state index contributed by atoms with van der Waals surface area (Å²) in [6.07, 6.45) is 0. The molecule has 0 saturated heterocycles. The zero-order valence-corrected chi connectivity index (χ0v) is 19.0. The van der Waals surface area contributed by atoms with Crippen LogP contribution in [0.4, 0.5) is 5.69 Å². The minimum Gasteiger partial charge on any atom is -0.492 e. The van der Waals surface area contributed by atoms with Gasteiger partial charge in [0.1, 0.15) is 18.9 Å². The molecule has 30 heavy (non-hydrogen) atoms. The SMILES string of the molecule is O=C(CN(c1ccc(I)cc1)S(=O)(=O)c1ccccc1)NCCOc1ccccc1. The number of sulfonamides is 1. The Hall–Kier alpha value is -2.59. The van der Waals surface area contributed by atoms with E-state index >= 15 is 0 Å². The molecule has 3 aromatic carbocycles. The minimum absolute atomic E-state index is 0.128. The number of nitrogens with one attached hydrogen (secondary N) is 1. The van der Waals surface area contributed by atoms with Crippen LogP contribution in [-0.2, 0) is 14.8 Å². The number of halogens is 1. The van der Waals surface area contributed by atoms with E-state index in [0.717, 1.165) is 7.88 Å². The second-order valence-corrected chi connectivity index (χ2v) is 9.42. The van der Waals surface area contributed by atoms with E-state index in [4.69, 9.17) is 4.74 Å². The van der Waals surface area contributed by atoms with Gasteiger partial charge in [-0.05, 0) is 71.1 Å². The van der Waals surface area contributed by atoms with Gasteiger partial charge in [0.25, 0.3) is 10.0 Å². The van der Waals surface area contributed by atoms with Crippen LogP contribution >= 0.6 is 22.6 Å². The van der Waals surface area contributed by atoms with Crippen LogP contribution in [0.5, 0.6) is 5.75 Å². The van der Waals surface area contributed by atoms with Crippen LogP contribution in [0.1, 0.15) is 0 Å². The molecule has 0 fully saturated rings. The maximum Gasteiger partial charge on any atom is 0.264 e. The van der Waals surface area contributed by atoms with Crippen LogP contribution < -0.4 is 14.4 Å². The Kier molecular flexibility index (Phi) is 7.69. The normalized spacial score (nSPS) is 11.0. The number of rotatable bonds is 9. The fraction of sp³-hybridized carbons (Fsp3) is 0.136. The molecule has 3 aromatic rings. The fourth-order valence-corrected chi connectivity index (χ4v) is 4.51. The van der Waals surface area contributed by atoms with Crippen LogP contribution in [0.3, 0.4) is 0 Å². The van der Waals surface area contributed by atoms with Crippen molar-refractivity contribution in [1.29, 1.82) is 0 Å². The van der Waals surface area contributed by atoms with Gasteiger partial charge in [0.2, 0.25) is 5.91 Å². The van der Waals surface area contributed by atoms with E-state index in [0.29, 0.717) is 11.4 Å². The van der Waals surface area contributed by atoms with Gasteiger partial charge in [-0.3, -0.25) is 9.10 Å². The first-order chi connectivity index (χ1) is 14.5. The highest BCUT2D eigenvalue weighted by atomic mass is 127. The predicted molar refractivity (Wildman–Crippen MR) is 125 cm³/mol. The summed E-state index contributed by atoms with van der Waals surface area (Å²) < 4.78 is 34.0. The molecule has 0 aromatic heterocycles. The first-order valence-corrected chi connectivity index (χ1v) is 11.8. The Bertz CT molecular complexity index is 1060. The largest absolute Gasteiger partial charge is 0.492 e. The van der Waals surface area contributed by atoms with E-state index in [2.05, 4.69) is 27.9 Å². The summed E-state index contributed by atoms with van der Waals surface area (Å²) in [7, 11) is -3.90. The van der Waals surface area contributed by atoms with Crippen molar-refractivity contribution >= 4 is 44.2 Å². The number of carbonyl (C=O) groups excluding carboxylic acids is 1. The van der Waals surface area contributed by atoms with Crippen LogP contribution in [-0.4, -0.2) is 34.0 Å². The molecular weight excluding hydrogens is 515 g/mol. The summed E-state index contributed by atoms with van der Waals surface area (Å²) in [5, 5.41) is 2.72. The molecule has 0 heterocycles. The van der Waals surface area contributed by atoms with Crippen LogP contribution in [0.2, 0.25) is 0 Å². The van der Waals surface area contributed by atoms with Crippen molar-refractivity contribution in [2.24, 2.45) is 0 Å². The van der Waals surface area contributed by atoms with Gasteiger partial charge in [0, 0.05) is 3.57 Å². The highest BCUT2D eigenvalue weighted by Crippen LogP contribution is 2.24. The molecule has 1 N–H and O–H groups in total. The number of anilines is 1. The monoisotopic (exact) mass is 536 g/mol. The second kappa shape index (κ2) is 10.4. The van der Waals surface area contributed by atoms with Crippen molar-refractivity contribution in [2.75, 3.05) is 24.0 Å². The van der Waals surface area contributed by atoms with Gasteiger partial charge in [-0.1, -0.05) is 36.4 Å². The number of nitrogens with zero attached hydrogens (tertiary/aromatic N) is 1. The van der Waals surface area contributed by atoms with Gasteiger partial charge >= 0.3 is 0 Å². The van der Waals surface area contributed by atoms with Crippen molar-refractivity contribution < 1.29 is 17.9 Å². The molecule has 0 spiro atoms. The lowest BCUT2D eigenvalue weighted by atomic mass is 10.3. The topological polar surface area (TPSA) is 75.7 Å². The van der Waals surface area contributed by atoms with E-state index in [1.807, 2.05) is 30.3 Å². The van der Waals surface area contributed by atoms with Crippen molar-refractivity contribution in [3.05, 3.63) is 88.5 Å². The quantitative estimate of drug-likeness (QED) is 0.335. The van der Waals surface area contributed by atoms with Gasteiger partial charge in [0.15, 0.2) is 0 Å². The number of para-hydroxylation sites is 1. The number of carbonyl (C=O) groups is 1. The Morgan fingerprint density at radius 3 is 2.13 bits per heavy atom. The summed E-state index contributed by atoms with van der Waals surface area (Å²) in [5.41, 5.74) is 0.426. The van der Waals surface area contributed by atoms with Gasteiger partial charge in [-0.2, -0.15) is 0 Å². The number of amides is 1. The standard InChI is InChI=1S/C22H21IN2O4S/c23-18-11-13-19(14-12-18)25(30(27,28)21-9-5-2-6-10-21)17-22(26)24-15-16-29-20-7-3-1-4-8-20/h1-14H,15-17H2,(H,24,26). The molecule has 0 saturated carbocycles. The van der Waals surface area contributed by atoms with Gasteiger partial charge in [0.05, 0.1) is 17.1 Å². The highest BCUT2D eigenvalue weighted by molar-refractivity contribution is 14.1. The van der Waals surface area contributed by atoms with Crippen molar-refractivity contribution in [1.82, 2.24) is 5.32 Å². The van der Waals surface area contributed by atoms with Crippen LogP contribution in [0.25, 0.3) is 0 Å². The highest BCUT2D eigenvalue weighted by Gasteiger charge is 2.26. The van der Waals surface area contributed by atoms with E-state index in [-0.39, 0.29) is 24.6 Å². The molecule has 0 atom stereocenters. The molecular formula is C22H21IN2O4S. The zero-order chi connectivity index (χ0) is 21.4. The third kappa shape index (κ3) is 5.96. The average molecular weight is 536 g/mol. The van der Waals surface area contributed by atoms with Gasteiger partial charge in [-0.15, -0.1) is 0 Å². The van der Waals surface area contributed by atoms with Crippen LogP contribution in [0, 0.1) is 3.57 Å². The lowest BCUT2D eigenvalue weighted by Gasteiger charge is -2.24. The Balaban J connectivity index is 1.69. The number of benzene rings is 3. The summed E-state index contributed by atoms with van der Waals surface area (Å²) >= 11 is 2.14. The molecule has 156 valence electrons. The van der Waals surface area contributed by atoms with Crippen LogP contribution in [0.15, 0.2) is 89.8 Å². The first kappa shape index (κ1) is 22.1. The average Bonchev–Trinajstić information content (AvgIpc) is 2.77. The Labute approximate surface area is 190 Å². The Morgan fingerprint density at radius 2 is 1.50 bits per heavy atom. The van der Waals surface area contributed by atoms with Gasteiger partial charge < -0.3 is 10.1 Å².